The molecular formula is C17H24. The van der Waals surface area contributed by atoms with E-state index in [1.54, 1.807) is 0 Å². The molecule has 92 valence electrons. The molecule has 0 saturated heterocycles. The summed E-state index contributed by atoms with van der Waals surface area (Å²) in [7, 11) is 0. The second-order valence-corrected chi connectivity index (χ2v) is 8.24. The van der Waals surface area contributed by atoms with Crippen LogP contribution in [0.3, 0.4) is 0 Å². The lowest BCUT2D eigenvalue weighted by Gasteiger charge is -2.42. The van der Waals surface area contributed by atoms with Gasteiger partial charge in [0.2, 0.25) is 0 Å². The second-order valence-electron chi connectivity index (χ2n) is 8.24. The van der Waals surface area contributed by atoms with E-state index in [0.717, 1.165) is 11.8 Å². The normalized spacial score (nSPS) is 55.2. The Balaban J connectivity index is 1.99. The predicted molar refractivity (Wildman–Crippen MR) is 71.5 cm³/mol. The molecule has 4 fully saturated rings. The Morgan fingerprint density at radius 2 is 2.00 bits per heavy atom. The molecule has 5 aliphatic rings. The lowest BCUT2D eigenvalue weighted by Crippen LogP contribution is -2.35. The van der Waals surface area contributed by atoms with Gasteiger partial charge in [-0.1, -0.05) is 52.0 Å². The highest BCUT2D eigenvalue weighted by Crippen LogP contribution is 2.98. The van der Waals surface area contributed by atoms with Crippen molar-refractivity contribution in [2.75, 3.05) is 0 Å². The smallest absolute Gasteiger partial charge is 0.00401 e. The SMILES string of the molecule is C=CC1=CC23C4CC(CC42C(C)(C)C1)C3(C)C. The van der Waals surface area contributed by atoms with Crippen LogP contribution in [0.5, 0.6) is 0 Å². The van der Waals surface area contributed by atoms with E-state index in [4.69, 9.17) is 0 Å². The lowest BCUT2D eigenvalue weighted by molar-refractivity contribution is 0.122. The van der Waals surface area contributed by atoms with Crippen LogP contribution in [0.15, 0.2) is 24.3 Å². The van der Waals surface area contributed by atoms with Crippen LogP contribution in [0.1, 0.15) is 47.0 Å². The van der Waals surface area contributed by atoms with Crippen LogP contribution >= 0.6 is 0 Å². The van der Waals surface area contributed by atoms with Crippen LogP contribution in [0, 0.1) is 33.5 Å². The molecule has 4 atom stereocenters. The first-order valence-electron chi connectivity index (χ1n) is 7.18. The molecule has 5 aliphatic carbocycles. The summed E-state index contributed by atoms with van der Waals surface area (Å²) in [6, 6.07) is 0. The van der Waals surface area contributed by atoms with Crippen molar-refractivity contribution in [1.29, 1.82) is 0 Å². The summed E-state index contributed by atoms with van der Waals surface area (Å²) >= 11 is 0. The topological polar surface area (TPSA) is 0 Å². The average molecular weight is 228 g/mol. The molecule has 17 heavy (non-hydrogen) atoms. The van der Waals surface area contributed by atoms with Gasteiger partial charge in [-0.3, -0.25) is 0 Å². The third kappa shape index (κ3) is 0.698. The molecule has 5 rings (SSSR count). The van der Waals surface area contributed by atoms with Crippen molar-refractivity contribution in [2.45, 2.75) is 47.0 Å². The van der Waals surface area contributed by atoms with Crippen molar-refractivity contribution >= 4 is 0 Å². The Morgan fingerprint density at radius 3 is 2.59 bits per heavy atom. The fourth-order valence-electron chi connectivity index (χ4n) is 6.88. The Labute approximate surface area is 105 Å². The predicted octanol–water partition coefficient (Wildman–Crippen LogP) is 4.58. The lowest BCUT2D eigenvalue weighted by atomic mass is 9.62. The van der Waals surface area contributed by atoms with E-state index in [-0.39, 0.29) is 0 Å². The van der Waals surface area contributed by atoms with Gasteiger partial charge in [-0.25, -0.2) is 0 Å². The van der Waals surface area contributed by atoms with Crippen LogP contribution < -0.4 is 0 Å². The van der Waals surface area contributed by atoms with Crippen molar-refractivity contribution in [3.05, 3.63) is 24.3 Å². The van der Waals surface area contributed by atoms with Gasteiger partial charge in [0, 0.05) is 5.41 Å². The molecule has 0 aromatic heterocycles. The van der Waals surface area contributed by atoms with Gasteiger partial charge in [0.1, 0.15) is 0 Å². The molecule has 0 aliphatic heterocycles. The van der Waals surface area contributed by atoms with Crippen LogP contribution in [-0.4, -0.2) is 0 Å². The Kier molecular flexibility index (Phi) is 1.41. The van der Waals surface area contributed by atoms with Crippen molar-refractivity contribution < 1.29 is 0 Å². The molecule has 0 N–H and O–H groups in total. The van der Waals surface area contributed by atoms with E-state index in [1.807, 2.05) is 0 Å². The zero-order chi connectivity index (χ0) is 12.3. The van der Waals surface area contributed by atoms with Gasteiger partial charge in [-0.15, -0.1) is 0 Å². The minimum atomic E-state index is 0.485. The van der Waals surface area contributed by atoms with E-state index in [0.29, 0.717) is 21.7 Å². The van der Waals surface area contributed by atoms with Crippen LogP contribution in [0.2, 0.25) is 0 Å². The zero-order valence-electron chi connectivity index (χ0n) is 11.6. The molecule has 0 aromatic rings. The van der Waals surface area contributed by atoms with Gasteiger partial charge >= 0.3 is 0 Å². The molecule has 4 unspecified atom stereocenters. The molecule has 0 radical (unpaired) electrons. The summed E-state index contributed by atoms with van der Waals surface area (Å²) in [5, 5.41) is 0. The van der Waals surface area contributed by atoms with E-state index in [2.05, 4.69) is 46.4 Å². The van der Waals surface area contributed by atoms with Crippen molar-refractivity contribution in [3.8, 4) is 0 Å². The maximum Gasteiger partial charge on any atom is 0.00401 e. The third-order valence-corrected chi connectivity index (χ3v) is 7.50. The van der Waals surface area contributed by atoms with Crippen molar-refractivity contribution in [3.63, 3.8) is 0 Å². The standard InChI is InChI=1S/C17H24/c1-6-11-8-14(2,3)16-10-12-7-13(16)17(16,9-11)15(12,4)5/h6,9,12-13H,1,7-8,10H2,2-5H3. The molecule has 0 heteroatoms. The Bertz CT molecular complexity index is 464. The van der Waals surface area contributed by atoms with E-state index >= 15 is 0 Å². The van der Waals surface area contributed by atoms with Gasteiger partial charge < -0.3 is 0 Å². The van der Waals surface area contributed by atoms with Crippen LogP contribution in [0.4, 0.5) is 0 Å². The Hall–Kier alpha value is -0.520. The fraction of sp³-hybridized carbons (Fsp3) is 0.765. The molecule has 0 amide bonds. The highest BCUT2D eigenvalue weighted by atomic mass is 15.0. The maximum atomic E-state index is 4.03. The van der Waals surface area contributed by atoms with Gasteiger partial charge in [0.15, 0.2) is 0 Å². The number of hydrogen-bond acceptors (Lipinski definition) is 0. The number of rotatable bonds is 1. The highest BCUT2D eigenvalue weighted by Gasteiger charge is 2.93. The summed E-state index contributed by atoms with van der Waals surface area (Å²) in [5.74, 6) is 1.97. The molecule has 2 spiro atoms. The Morgan fingerprint density at radius 1 is 1.29 bits per heavy atom. The molecule has 4 saturated carbocycles. The minimum Gasteiger partial charge on any atom is -0.0988 e. The van der Waals surface area contributed by atoms with Gasteiger partial charge in [0.05, 0.1) is 0 Å². The minimum absolute atomic E-state index is 0.485. The first-order chi connectivity index (χ1) is 7.83. The molecule has 0 heterocycles. The molecule has 4 bridgehead atoms. The highest BCUT2D eigenvalue weighted by molar-refractivity contribution is 5.50. The summed E-state index contributed by atoms with van der Waals surface area (Å²) in [6.45, 7) is 14.1. The van der Waals surface area contributed by atoms with E-state index in [9.17, 15) is 0 Å². The van der Waals surface area contributed by atoms with Gasteiger partial charge in [0.25, 0.3) is 0 Å². The molecular weight excluding hydrogens is 204 g/mol. The number of hydrogen-bond donors (Lipinski definition) is 0. The van der Waals surface area contributed by atoms with Crippen molar-refractivity contribution in [2.24, 2.45) is 33.5 Å². The van der Waals surface area contributed by atoms with Crippen LogP contribution in [-0.2, 0) is 0 Å². The largest absolute Gasteiger partial charge is 0.0988 e. The fourth-order valence-corrected chi connectivity index (χ4v) is 6.88. The van der Waals surface area contributed by atoms with E-state index < -0.39 is 0 Å². The summed E-state index contributed by atoms with van der Waals surface area (Å²) in [4.78, 5) is 0. The van der Waals surface area contributed by atoms with Crippen molar-refractivity contribution in [1.82, 2.24) is 0 Å². The first kappa shape index (κ1) is 10.4. The van der Waals surface area contributed by atoms with Gasteiger partial charge in [-0.2, -0.15) is 0 Å². The average Bonchev–Trinajstić information content (AvgIpc) is 2.54. The molecule has 0 nitrogen and oxygen atoms in total. The monoisotopic (exact) mass is 228 g/mol. The van der Waals surface area contributed by atoms with E-state index in [1.165, 1.54) is 24.8 Å². The maximum absolute atomic E-state index is 4.03. The second kappa shape index (κ2) is 2.31. The quantitative estimate of drug-likeness (QED) is 0.616. The molecule has 0 aromatic carbocycles. The van der Waals surface area contributed by atoms with Crippen LogP contribution in [0.25, 0.3) is 0 Å². The first-order valence-corrected chi connectivity index (χ1v) is 7.18. The van der Waals surface area contributed by atoms with Gasteiger partial charge in [-0.05, 0) is 47.3 Å². The summed E-state index contributed by atoms with van der Waals surface area (Å²) < 4.78 is 0. The zero-order valence-corrected chi connectivity index (χ0v) is 11.6. The number of allylic oxidation sites excluding steroid dienone is 3. The summed E-state index contributed by atoms with van der Waals surface area (Å²) in [5.41, 5.74) is 3.72. The third-order valence-electron chi connectivity index (χ3n) is 7.50. The summed E-state index contributed by atoms with van der Waals surface area (Å²) in [6.07, 6.45) is 9.01.